The standard InChI is InChI=1S/C24H18N4O2/c1-30-21-13-6-5-11-19(21)28-22(29)15-14-18(25-28)23-20-12-7-8-16-27(20)26-24(23)17-9-3-2-4-10-17/h2-16H,1H3. The van der Waals surface area contributed by atoms with Gasteiger partial charge in [0.2, 0.25) is 0 Å². The zero-order chi connectivity index (χ0) is 20.5. The van der Waals surface area contributed by atoms with Crippen molar-refractivity contribution in [1.29, 1.82) is 0 Å². The molecule has 0 spiro atoms. The van der Waals surface area contributed by atoms with Gasteiger partial charge in [0.05, 0.1) is 23.9 Å². The van der Waals surface area contributed by atoms with Crippen LogP contribution in [0.1, 0.15) is 0 Å². The molecule has 2 aromatic carbocycles. The molecule has 0 aliphatic heterocycles. The minimum atomic E-state index is -0.235. The van der Waals surface area contributed by atoms with Crippen LogP contribution in [-0.2, 0) is 0 Å². The van der Waals surface area contributed by atoms with E-state index in [1.54, 1.807) is 19.2 Å². The molecule has 6 heteroatoms. The number of nitrogens with zero attached hydrogens (tertiary/aromatic N) is 4. The Kier molecular flexibility index (Phi) is 4.37. The van der Waals surface area contributed by atoms with Gasteiger partial charge in [-0.15, -0.1) is 0 Å². The number of ether oxygens (including phenoxy) is 1. The highest BCUT2D eigenvalue weighted by molar-refractivity contribution is 5.90. The first-order chi connectivity index (χ1) is 14.8. The van der Waals surface area contributed by atoms with Crippen molar-refractivity contribution < 1.29 is 4.74 Å². The van der Waals surface area contributed by atoms with Crippen molar-refractivity contribution in [2.75, 3.05) is 7.11 Å². The maximum absolute atomic E-state index is 12.7. The van der Waals surface area contributed by atoms with Crippen LogP contribution in [0.15, 0.2) is 95.9 Å². The average Bonchev–Trinajstić information content (AvgIpc) is 3.20. The first kappa shape index (κ1) is 17.9. The molecule has 0 aliphatic carbocycles. The van der Waals surface area contributed by atoms with Gasteiger partial charge in [-0.2, -0.15) is 14.9 Å². The number of methoxy groups -OCH3 is 1. The number of aromatic nitrogens is 4. The Morgan fingerprint density at radius 3 is 2.40 bits per heavy atom. The zero-order valence-electron chi connectivity index (χ0n) is 16.3. The zero-order valence-corrected chi connectivity index (χ0v) is 16.3. The molecular weight excluding hydrogens is 376 g/mol. The summed E-state index contributed by atoms with van der Waals surface area (Å²) in [5, 5.41) is 9.48. The quantitative estimate of drug-likeness (QED) is 0.458. The van der Waals surface area contributed by atoms with E-state index in [-0.39, 0.29) is 5.56 Å². The number of rotatable bonds is 4. The van der Waals surface area contributed by atoms with E-state index in [1.807, 2.05) is 77.4 Å². The van der Waals surface area contributed by atoms with Crippen LogP contribution in [0.4, 0.5) is 0 Å². The highest BCUT2D eigenvalue weighted by Crippen LogP contribution is 2.34. The van der Waals surface area contributed by atoms with Crippen LogP contribution in [-0.4, -0.2) is 26.5 Å². The normalized spacial score (nSPS) is 11.0. The fourth-order valence-corrected chi connectivity index (χ4v) is 3.57. The van der Waals surface area contributed by atoms with Gasteiger partial charge in [-0.3, -0.25) is 4.79 Å². The largest absolute Gasteiger partial charge is 0.494 e. The molecule has 0 radical (unpaired) electrons. The minimum Gasteiger partial charge on any atom is -0.494 e. The summed E-state index contributed by atoms with van der Waals surface area (Å²) in [6.07, 6.45) is 1.90. The van der Waals surface area contributed by atoms with Crippen molar-refractivity contribution in [3.8, 4) is 34.0 Å². The molecule has 0 bridgehead atoms. The number of benzene rings is 2. The number of hydrogen-bond donors (Lipinski definition) is 0. The highest BCUT2D eigenvalue weighted by Gasteiger charge is 2.19. The van der Waals surface area contributed by atoms with Crippen molar-refractivity contribution in [2.45, 2.75) is 0 Å². The van der Waals surface area contributed by atoms with E-state index in [0.717, 1.165) is 22.3 Å². The van der Waals surface area contributed by atoms with Crippen LogP contribution >= 0.6 is 0 Å². The van der Waals surface area contributed by atoms with Gasteiger partial charge >= 0.3 is 0 Å². The predicted molar refractivity (Wildman–Crippen MR) is 116 cm³/mol. The van der Waals surface area contributed by atoms with Gasteiger partial charge < -0.3 is 4.74 Å². The van der Waals surface area contributed by atoms with Gasteiger partial charge in [0.25, 0.3) is 5.56 Å². The third-order valence-corrected chi connectivity index (χ3v) is 4.96. The first-order valence-corrected chi connectivity index (χ1v) is 9.53. The summed E-state index contributed by atoms with van der Waals surface area (Å²) in [5.41, 5.74) is 4.57. The van der Waals surface area contributed by atoms with Crippen LogP contribution < -0.4 is 10.3 Å². The first-order valence-electron chi connectivity index (χ1n) is 9.53. The van der Waals surface area contributed by atoms with Crippen molar-refractivity contribution in [2.24, 2.45) is 0 Å². The fraction of sp³-hybridized carbons (Fsp3) is 0.0417. The lowest BCUT2D eigenvalue weighted by atomic mass is 10.0. The van der Waals surface area contributed by atoms with Crippen molar-refractivity contribution >= 4 is 5.52 Å². The van der Waals surface area contributed by atoms with Gasteiger partial charge in [0.15, 0.2) is 0 Å². The predicted octanol–water partition coefficient (Wildman–Crippen LogP) is 4.22. The third-order valence-electron chi connectivity index (χ3n) is 4.96. The SMILES string of the molecule is COc1ccccc1-n1nc(-c2c(-c3ccccc3)nn3ccccc23)ccc1=O. The third kappa shape index (κ3) is 2.95. The van der Waals surface area contributed by atoms with Crippen molar-refractivity contribution in [3.63, 3.8) is 0 Å². The molecule has 5 aromatic rings. The molecule has 3 heterocycles. The lowest BCUT2D eigenvalue weighted by molar-refractivity contribution is 0.411. The summed E-state index contributed by atoms with van der Waals surface area (Å²) < 4.78 is 8.63. The smallest absolute Gasteiger partial charge is 0.271 e. The van der Waals surface area contributed by atoms with Crippen LogP contribution in [0, 0.1) is 0 Å². The monoisotopic (exact) mass is 394 g/mol. The van der Waals surface area contributed by atoms with Crippen molar-refractivity contribution in [3.05, 3.63) is 101 Å². The molecular formula is C24H18N4O2. The number of hydrogen-bond acceptors (Lipinski definition) is 4. The van der Waals surface area contributed by atoms with Gasteiger partial charge in [0.1, 0.15) is 17.1 Å². The van der Waals surface area contributed by atoms with Crippen molar-refractivity contribution in [1.82, 2.24) is 19.4 Å². The molecule has 5 rings (SSSR count). The summed E-state index contributed by atoms with van der Waals surface area (Å²) in [5.74, 6) is 0.576. The molecule has 0 fully saturated rings. The van der Waals surface area contributed by atoms with E-state index in [1.165, 1.54) is 10.7 Å². The van der Waals surface area contributed by atoms with E-state index in [0.29, 0.717) is 17.1 Å². The summed E-state index contributed by atoms with van der Waals surface area (Å²) in [6, 6.07) is 26.4. The van der Waals surface area contributed by atoms with E-state index in [4.69, 9.17) is 14.9 Å². The Labute approximate surface area is 172 Å². The Bertz CT molecular complexity index is 1400. The molecule has 0 saturated carbocycles. The van der Waals surface area contributed by atoms with Crippen LogP contribution in [0.2, 0.25) is 0 Å². The molecule has 0 N–H and O–H groups in total. The molecule has 0 aliphatic rings. The van der Waals surface area contributed by atoms with Gasteiger partial charge in [-0.25, -0.2) is 4.52 Å². The second-order valence-corrected chi connectivity index (χ2v) is 6.76. The number of pyridine rings is 1. The Morgan fingerprint density at radius 2 is 1.57 bits per heavy atom. The topological polar surface area (TPSA) is 61.4 Å². The summed E-state index contributed by atoms with van der Waals surface area (Å²) in [7, 11) is 1.58. The highest BCUT2D eigenvalue weighted by atomic mass is 16.5. The number of para-hydroxylation sites is 2. The van der Waals surface area contributed by atoms with Gasteiger partial charge in [-0.1, -0.05) is 48.5 Å². The Morgan fingerprint density at radius 1 is 0.800 bits per heavy atom. The lowest BCUT2D eigenvalue weighted by Gasteiger charge is -2.11. The maximum Gasteiger partial charge on any atom is 0.271 e. The van der Waals surface area contributed by atoms with Crippen LogP contribution in [0.5, 0.6) is 5.75 Å². The second kappa shape index (κ2) is 7.33. The molecule has 0 amide bonds. The molecule has 0 unspecified atom stereocenters. The molecule has 146 valence electrons. The molecule has 30 heavy (non-hydrogen) atoms. The minimum absolute atomic E-state index is 0.235. The lowest BCUT2D eigenvalue weighted by Crippen LogP contribution is -2.21. The summed E-state index contributed by atoms with van der Waals surface area (Å²) in [4.78, 5) is 12.7. The average molecular weight is 394 g/mol. The molecule has 6 nitrogen and oxygen atoms in total. The van der Waals surface area contributed by atoms with Crippen LogP contribution in [0.3, 0.4) is 0 Å². The van der Waals surface area contributed by atoms with E-state index in [9.17, 15) is 4.79 Å². The summed E-state index contributed by atoms with van der Waals surface area (Å²) >= 11 is 0. The molecule has 3 aromatic heterocycles. The maximum atomic E-state index is 12.7. The van der Waals surface area contributed by atoms with E-state index < -0.39 is 0 Å². The molecule has 0 saturated heterocycles. The Balaban J connectivity index is 1.79. The van der Waals surface area contributed by atoms with Gasteiger partial charge in [0, 0.05) is 17.8 Å². The number of fused-ring (bicyclic) bond motifs is 1. The van der Waals surface area contributed by atoms with E-state index in [2.05, 4.69) is 0 Å². The van der Waals surface area contributed by atoms with Gasteiger partial charge in [-0.05, 0) is 30.3 Å². The summed E-state index contributed by atoms with van der Waals surface area (Å²) in [6.45, 7) is 0. The fourth-order valence-electron chi connectivity index (χ4n) is 3.57. The second-order valence-electron chi connectivity index (χ2n) is 6.76. The van der Waals surface area contributed by atoms with Crippen LogP contribution in [0.25, 0.3) is 33.7 Å². The Hall–Kier alpha value is -4.19. The van der Waals surface area contributed by atoms with E-state index >= 15 is 0 Å². The molecule has 0 atom stereocenters.